The van der Waals surface area contributed by atoms with Gasteiger partial charge in [0.15, 0.2) is 0 Å². The highest BCUT2D eigenvalue weighted by atomic mass is 15.2. The molecule has 5 heteroatoms. The Balaban J connectivity index is 1.50. The number of nitrogens with one attached hydrogen (secondary N) is 1. The zero-order valence-electron chi connectivity index (χ0n) is 11.0. The van der Waals surface area contributed by atoms with E-state index in [1.807, 2.05) is 24.3 Å². The van der Waals surface area contributed by atoms with E-state index in [1.165, 1.54) is 25.9 Å². The summed E-state index contributed by atoms with van der Waals surface area (Å²) in [5.74, 6) is 0.625. The highest BCUT2D eigenvalue weighted by Gasteiger charge is 2.10. The van der Waals surface area contributed by atoms with Gasteiger partial charge in [0.05, 0.1) is 5.52 Å². The van der Waals surface area contributed by atoms with Crippen molar-refractivity contribution in [3.63, 3.8) is 0 Å². The van der Waals surface area contributed by atoms with Gasteiger partial charge < -0.3 is 10.2 Å². The molecule has 1 aromatic carbocycles. The highest BCUT2D eigenvalue weighted by molar-refractivity contribution is 5.73. The first-order valence-electron chi connectivity index (χ1n) is 6.97. The monoisotopic (exact) mass is 257 g/mol. The summed E-state index contributed by atoms with van der Waals surface area (Å²) in [5.41, 5.74) is 1.73. The van der Waals surface area contributed by atoms with Crippen molar-refractivity contribution in [3.8, 4) is 0 Å². The summed E-state index contributed by atoms with van der Waals surface area (Å²) in [7, 11) is 0. The molecule has 0 aliphatic carbocycles. The second-order valence-corrected chi connectivity index (χ2v) is 4.95. The normalized spacial score (nSPS) is 16.0. The Bertz CT molecular complexity index is 536. The predicted octanol–water partition coefficient (Wildman–Crippen LogP) is 1.92. The van der Waals surface area contributed by atoms with E-state index < -0.39 is 0 Å². The largest absolute Gasteiger partial charge is 0.353 e. The van der Waals surface area contributed by atoms with Crippen LogP contribution in [0.25, 0.3) is 11.0 Å². The summed E-state index contributed by atoms with van der Waals surface area (Å²) in [4.78, 5) is 6.96. The first-order chi connectivity index (χ1) is 9.42. The third-order valence-electron chi connectivity index (χ3n) is 3.49. The summed E-state index contributed by atoms with van der Waals surface area (Å²) in [6, 6.07) is 7.79. The second kappa shape index (κ2) is 5.93. The molecule has 2 heterocycles. The van der Waals surface area contributed by atoms with Crippen LogP contribution in [0.15, 0.2) is 24.3 Å². The molecular weight excluding hydrogens is 238 g/mol. The van der Waals surface area contributed by atoms with E-state index in [4.69, 9.17) is 0 Å². The van der Waals surface area contributed by atoms with Crippen molar-refractivity contribution in [2.75, 3.05) is 31.5 Å². The molecule has 1 aromatic heterocycles. The van der Waals surface area contributed by atoms with Gasteiger partial charge in [-0.25, -0.2) is 4.98 Å². The molecule has 1 fully saturated rings. The first-order valence-corrected chi connectivity index (χ1v) is 6.97. The van der Waals surface area contributed by atoms with E-state index >= 15 is 0 Å². The van der Waals surface area contributed by atoms with Crippen molar-refractivity contribution in [2.24, 2.45) is 0 Å². The van der Waals surface area contributed by atoms with Gasteiger partial charge in [-0.15, -0.1) is 10.2 Å². The summed E-state index contributed by atoms with van der Waals surface area (Å²) in [6.07, 6.45) is 3.83. The van der Waals surface area contributed by atoms with Gasteiger partial charge in [0, 0.05) is 6.54 Å². The van der Waals surface area contributed by atoms with Crippen LogP contribution in [0.5, 0.6) is 0 Å². The number of benzene rings is 1. The number of aromatic nitrogens is 3. The summed E-state index contributed by atoms with van der Waals surface area (Å²) in [6.45, 7) is 4.58. The highest BCUT2D eigenvalue weighted by Crippen LogP contribution is 2.09. The fraction of sp³-hybridized carbons (Fsp3) is 0.500. The summed E-state index contributed by atoms with van der Waals surface area (Å²) in [5, 5.41) is 11.5. The van der Waals surface area contributed by atoms with Crippen molar-refractivity contribution < 1.29 is 0 Å². The number of hydrogen-bond donors (Lipinski definition) is 1. The van der Waals surface area contributed by atoms with E-state index in [0.717, 1.165) is 30.5 Å². The molecule has 1 saturated heterocycles. The number of rotatable bonds is 5. The van der Waals surface area contributed by atoms with Gasteiger partial charge in [-0.1, -0.05) is 12.1 Å². The molecule has 0 radical (unpaired) electrons. The Morgan fingerprint density at radius 2 is 1.84 bits per heavy atom. The van der Waals surface area contributed by atoms with Crippen molar-refractivity contribution >= 4 is 17.0 Å². The lowest BCUT2D eigenvalue weighted by Gasteiger charge is -2.14. The second-order valence-electron chi connectivity index (χ2n) is 4.95. The van der Waals surface area contributed by atoms with Crippen LogP contribution in [0, 0.1) is 0 Å². The lowest BCUT2D eigenvalue weighted by molar-refractivity contribution is 0.337. The molecular formula is C14H19N5. The molecule has 100 valence electrons. The fourth-order valence-corrected chi connectivity index (χ4v) is 2.46. The molecule has 1 N–H and O–H groups in total. The minimum absolute atomic E-state index is 0.625. The van der Waals surface area contributed by atoms with Crippen LogP contribution >= 0.6 is 0 Å². The average molecular weight is 257 g/mol. The van der Waals surface area contributed by atoms with E-state index in [0.29, 0.717) is 5.95 Å². The molecule has 0 bridgehead atoms. The van der Waals surface area contributed by atoms with Crippen molar-refractivity contribution in [2.45, 2.75) is 19.3 Å². The topological polar surface area (TPSA) is 53.9 Å². The number of nitrogens with zero attached hydrogens (tertiary/aromatic N) is 4. The van der Waals surface area contributed by atoms with Crippen molar-refractivity contribution in [1.82, 2.24) is 20.1 Å². The van der Waals surface area contributed by atoms with E-state index in [1.54, 1.807) is 0 Å². The molecule has 0 spiro atoms. The lowest BCUT2D eigenvalue weighted by Crippen LogP contribution is -2.22. The lowest BCUT2D eigenvalue weighted by atomic mass is 10.3. The van der Waals surface area contributed by atoms with Crippen LogP contribution < -0.4 is 5.32 Å². The average Bonchev–Trinajstić information content (AvgIpc) is 2.97. The minimum Gasteiger partial charge on any atom is -0.353 e. The van der Waals surface area contributed by atoms with Crippen LogP contribution in [-0.2, 0) is 0 Å². The maximum Gasteiger partial charge on any atom is 0.243 e. The molecule has 19 heavy (non-hydrogen) atoms. The molecule has 1 aliphatic rings. The molecule has 0 saturated carbocycles. The number of anilines is 1. The Labute approximate surface area is 113 Å². The summed E-state index contributed by atoms with van der Waals surface area (Å²) >= 11 is 0. The van der Waals surface area contributed by atoms with E-state index in [9.17, 15) is 0 Å². The smallest absolute Gasteiger partial charge is 0.243 e. The van der Waals surface area contributed by atoms with Gasteiger partial charge >= 0.3 is 0 Å². The van der Waals surface area contributed by atoms with Crippen molar-refractivity contribution in [1.29, 1.82) is 0 Å². The first kappa shape index (κ1) is 12.3. The molecule has 5 nitrogen and oxygen atoms in total. The molecule has 3 rings (SSSR count). The zero-order valence-corrected chi connectivity index (χ0v) is 11.0. The number of fused-ring (bicyclic) bond motifs is 1. The van der Waals surface area contributed by atoms with Crippen LogP contribution in [0.3, 0.4) is 0 Å². The summed E-state index contributed by atoms with van der Waals surface area (Å²) < 4.78 is 0. The molecule has 2 aromatic rings. The standard InChI is InChI=1S/C14H19N5/c1-2-7-13-12(6-1)16-14(18-17-13)15-8-5-11-19-9-3-4-10-19/h1-2,6-7H,3-5,8-11H2,(H,15,16,18). The Morgan fingerprint density at radius 3 is 2.68 bits per heavy atom. The van der Waals surface area contributed by atoms with Crippen LogP contribution in [0.4, 0.5) is 5.95 Å². The minimum atomic E-state index is 0.625. The molecule has 0 amide bonds. The maximum atomic E-state index is 4.45. The van der Waals surface area contributed by atoms with E-state index in [-0.39, 0.29) is 0 Å². The van der Waals surface area contributed by atoms with Gasteiger partial charge in [0.1, 0.15) is 5.52 Å². The quantitative estimate of drug-likeness (QED) is 0.829. The number of hydrogen-bond acceptors (Lipinski definition) is 5. The van der Waals surface area contributed by atoms with E-state index in [2.05, 4.69) is 25.4 Å². The van der Waals surface area contributed by atoms with Gasteiger partial charge in [-0.3, -0.25) is 0 Å². The third kappa shape index (κ3) is 3.17. The van der Waals surface area contributed by atoms with Crippen molar-refractivity contribution in [3.05, 3.63) is 24.3 Å². The van der Waals surface area contributed by atoms with Crippen LogP contribution in [0.2, 0.25) is 0 Å². The van der Waals surface area contributed by atoms with Gasteiger partial charge in [0.25, 0.3) is 0 Å². The van der Waals surface area contributed by atoms with Gasteiger partial charge in [-0.05, 0) is 51.0 Å². The number of likely N-dealkylation sites (tertiary alicyclic amines) is 1. The molecule has 1 aliphatic heterocycles. The molecule has 0 atom stereocenters. The number of para-hydroxylation sites is 1. The Hall–Kier alpha value is -1.75. The zero-order chi connectivity index (χ0) is 12.9. The van der Waals surface area contributed by atoms with Crippen LogP contribution in [-0.4, -0.2) is 46.3 Å². The Kier molecular flexibility index (Phi) is 3.83. The van der Waals surface area contributed by atoms with Gasteiger partial charge in [0.2, 0.25) is 5.95 Å². The SMILES string of the molecule is c1ccc2nc(NCCCN3CCCC3)nnc2c1. The molecule has 0 unspecified atom stereocenters. The van der Waals surface area contributed by atoms with Gasteiger partial charge in [-0.2, -0.15) is 0 Å². The third-order valence-corrected chi connectivity index (χ3v) is 3.49. The Morgan fingerprint density at radius 1 is 1.05 bits per heavy atom. The fourth-order valence-electron chi connectivity index (χ4n) is 2.46. The predicted molar refractivity (Wildman–Crippen MR) is 76.1 cm³/mol. The van der Waals surface area contributed by atoms with Crippen LogP contribution in [0.1, 0.15) is 19.3 Å². The maximum absolute atomic E-state index is 4.45.